The number of amides is 3. The van der Waals surface area contributed by atoms with Crippen molar-refractivity contribution in [3.8, 4) is 0 Å². The molecule has 0 aliphatic carbocycles. The molecule has 4 aliphatic rings. The normalized spacial score (nSPS) is 15.3. The third-order valence-electron chi connectivity index (χ3n) is 7.49. The molecule has 0 aromatic rings. The summed E-state index contributed by atoms with van der Waals surface area (Å²) in [6.45, 7) is 33.6. The largest absolute Gasteiger partial charge is 0.677 e. The Hall–Kier alpha value is -1.64. The summed E-state index contributed by atoms with van der Waals surface area (Å²) in [7, 11) is 4.83. The maximum absolute atomic E-state index is 11.7. The average molecular weight is 1620 g/mol. The molecule has 0 radical (unpaired) electrons. The number of methoxy groups -OCH3 is 1. The van der Waals surface area contributed by atoms with Crippen LogP contribution in [0.3, 0.4) is 0 Å². The summed E-state index contributed by atoms with van der Waals surface area (Å²) in [6, 6.07) is 0. The Labute approximate surface area is 459 Å². The van der Waals surface area contributed by atoms with E-state index in [9.17, 15) is 14.4 Å². The van der Waals surface area contributed by atoms with Crippen molar-refractivity contribution in [3.05, 3.63) is 0 Å². The Bertz CT molecular complexity index is 1210. The molecule has 4 fully saturated rings. The third kappa shape index (κ3) is 47.4. The van der Waals surface area contributed by atoms with Gasteiger partial charge in [-0.1, -0.05) is 36.1 Å². The molecule has 19 nitrogen and oxygen atoms in total. The summed E-state index contributed by atoms with van der Waals surface area (Å²) >= 11 is 0. The number of carbonyl (C=O) groups excluding carboxylic acids is 3. The minimum Gasteiger partial charge on any atom is -0.677 e. The van der Waals surface area contributed by atoms with Gasteiger partial charge in [0.15, 0.2) is 0 Å². The fourth-order valence-corrected chi connectivity index (χ4v) is 4.86. The number of nitrogens with zero attached hydrogens (tertiary/aromatic N) is 8. The number of nitrogens with one attached hydrogen (secondary N) is 4. The molecule has 0 atom stereocenters. The van der Waals surface area contributed by atoms with Crippen molar-refractivity contribution < 1.29 is 118 Å². The van der Waals surface area contributed by atoms with Crippen molar-refractivity contribution in [3.63, 3.8) is 0 Å². The number of carbonyl (C=O) groups is 3. The number of rotatable bonds is 4. The summed E-state index contributed by atoms with van der Waals surface area (Å²) < 4.78 is 19.7. The van der Waals surface area contributed by atoms with Crippen molar-refractivity contribution in [2.45, 2.75) is 115 Å². The van der Waals surface area contributed by atoms with Gasteiger partial charge in [-0.15, -0.1) is 0 Å². The van der Waals surface area contributed by atoms with Crippen molar-refractivity contribution >= 4 is 43.7 Å². The fraction of sp³-hybridized carbons (Fsp3) is 0.837. The molecule has 4 rings (SSSR count). The Morgan fingerprint density at radius 2 is 0.727 bits per heavy atom. The van der Waals surface area contributed by atoms with Crippen molar-refractivity contribution in [2.75, 3.05) is 126 Å². The number of hydrogen-bond acceptors (Lipinski definition) is 13. The zero-order valence-electron chi connectivity index (χ0n) is 40.4. The smallest absolute Gasteiger partial charge is 0.410 e. The van der Waals surface area contributed by atoms with Gasteiger partial charge >= 0.3 is 18.3 Å². The van der Waals surface area contributed by atoms with E-state index in [2.05, 4.69) is 49.3 Å². The zero-order chi connectivity index (χ0) is 45.5. The SMILES string of the molecule is C.C.C.CC.CC(C)(C)OC(=O)N1CCN([C-]=N)CC1.CC(C)(C)OC(=O)N1CCNCC1.CN=[C-]N1CCN(C(=O)OC(C)(C)C)CC1.CN=[C-]N1CCNCC1.CO[C-]=N.[W].[W].[W].[W]. The minimum absolute atomic E-state index is 0. The number of hydrogen-bond donors (Lipinski definition) is 4. The van der Waals surface area contributed by atoms with Gasteiger partial charge < -0.3 is 86.1 Å². The average Bonchev–Trinajstić information content (AvgIpc) is 3.19. The molecule has 0 aromatic carbocycles. The van der Waals surface area contributed by atoms with E-state index >= 15 is 0 Å². The molecular weight excluding hydrogens is 1530 g/mol. The first-order chi connectivity index (χ1) is 27.7. The van der Waals surface area contributed by atoms with Gasteiger partial charge in [0.1, 0.15) is 16.8 Å². The van der Waals surface area contributed by atoms with Crippen LogP contribution >= 0.6 is 0 Å². The number of aliphatic imine (C=N–C) groups is 2. The molecule has 4 aliphatic heterocycles. The van der Waals surface area contributed by atoms with Crippen LogP contribution in [0.25, 0.3) is 0 Å². The van der Waals surface area contributed by atoms with Gasteiger partial charge in [-0.2, -0.15) is 0 Å². The van der Waals surface area contributed by atoms with Gasteiger partial charge in [0, 0.05) is 183 Å². The summed E-state index contributed by atoms with van der Waals surface area (Å²) in [5.74, 6) is 0. The minimum atomic E-state index is -0.443. The molecule has 3 amide bonds. The van der Waals surface area contributed by atoms with E-state index in [1.807, 2.05) is 81.1 Å². The van der Waals surface area contributed by atoms with Crippen LogP contribution in [0.2, 0.25) is 0 Å². The van der Waals surface area contributed by atoms with Crippen LogP contribution in [0.1, 0.15) is 98.4 Å². The molecule has 0 bridgehead atoms. The summed E-state index contributed by atoms with van der Waals surface area (Å²) in [6.07, 6.45) is 9.06. The van der Waals surface area contributed by atoms with Crippen LogP contribution in [0.5, 0.6) is 0 Å². The third-order valence-corrected chi connectivity index (χ3v) is 7.49. The van der Waals surface area contributed by atoms with E-state index < -0.39 is 11.2 Å². The molecule has 4 saturated heterocycles. The first kappa shape index (κ1) is 84.3. The van der Waals surface area contributed by atoms with Gasteiger partial charge in [0.25, 0.3) is 0 Å². The predicted octanol–water partition coefficient (Wildman–Crippen LogP) is 5.39. The van der Waals surface area contributed by atoms with Crippen molar-refractivity contribution in [2.24, 2.45) is 9.98 Å². The monoisotopic (exact) mass is 1620 g/mol. The molecule has 66 heavy (non-hydrogen) atoms. The quantitative estimate of drug-likeness (QED) is 0.121. The van der Waals surface area contributed by atoms with E-state index in [0.29, 0.717) is 39.3 Å². The first-order valence-electron chi connectivity index (χ1n) is 20.3. The van der Waals surface area contributed by atoms with Crippen LogP contribution in [0, 0.1) is 10.8 Å². The maximum atomic E-state index is 11.7. The second kappa shape index (κ2) is 48.4. The Balaban J connectivity index is -0.0000000880. The van der Waals surface area contributed by atoms with Gasteiger partial charge in [-0.25, -0.2) is 20.8 Å². The molecule has 23 heteroatoms. The van der Waals surface area contributed by atoms with Gasteiger partial charge in [-0.05, 0) is 89.5 Å². The molecule has 0 aromatic heterocycles. The topological polar surface area (TPSA) is 204 Å². The summed E-state index contributed by atoms with van der Waals surface area (Å²) in [5.41, 5.74) is -1.25. The molecule has 0 unspecified atom stereocenters. The fourth-order valence-electron chi connectivity index (χ4n) is 4.86. The molecule has 0 spiro atoms. The van der Waals surface area contributed by atoms with E-state index in [1.165, 1.54) is 7.11 Å². The van der Waals surface area contributed by atoms with Gasteiger partial charge in [0.05, 0.1) is 0 Å². The molecule has 4 N–H and O–H groups in total. The van der Waals surface area contributed by atoms with Crippen LogP contribution in [0.4, 0.5) is 14.4 Å². The Morgan fingerprint density at radius 1 is 0.485 bits per heavy atom. The first-order valence-corrected chi connectivity index (χ1v) is 20.3. The molecular formula is C43H90N12O7W4-4. The van der Waals surface area contributed by atoms with E-state index in [4.69, 9.17) is 25.0 Å². The van der Waals surface area contributed by atoms with Crippen LogP contribution in [-0.4, -0.2) is 216 Å². The molecule has 0 saturated carbocycles. The summed E-state index contributed by atoms with van der Waals surface area (Å²) in [4.78, 5) is 53.4. The number of piperazine rings is 4. The second-order valence-electron chi connectivity index (χ2n) is 15.9. The predicted molar refractivity (Wildman–Crippen MR) is 255 cm³/mol. The Morgan fingerprint density at radius 3 is 0.970 bits per heavy atom. The van der Waals surface area contributed by atoms with Crippen molar-refractivity contribution in [1.82, 2.24) is 40.0 Å². The van der Waals surface area contributed by atoms with Crippen molar-refractivity contribution in [1.29, 1.82) is 10.8 Å². The van der Waals surface area contributed by atoms with E-state index in [-0.39, 0.29) is 130 Å². The Kier molecular flexibility index (Phi) is 61.8. The van der Waals surface area contributed by atoms with Crippen LogP contribution < -0.4 is 10.6 Å². The molecule has 4 heterocycles. The van der Waals surface area contributed by atoms with Crippen LogP contribution in [-0.2, 0) is 103 Å². The second-order valence-corrected chi connectivity index (χ2v) is 15.9. The van der Waals surface area contributed by atoms with Gasteiger partial charge in [0.2, 0.25) is 0 Å². The number of ether oxygens (including phenoxy) is 4. The zero-order valence-corrected chi connectivity index (χ0v) is 52.1. The van der Waals surface area contributed by atoms with Gasteiger partial charge in [-0.3, -0.25) is 12.7 Å². The van der Waals surface area contributed by atoms with Crippen LogP contribution in [0.15, 0.2) is 9.98 Å². The molecule has 392 valence electrons. The van der Waals surface area contributed by atoms with E-state index in [1.54, 1.807) is 40.1 Å². The summed E-state index contributed by atoms with van der Waals surface area (Å²) in [5, 5.41) is 19.4. The standard InChI is InChI=1S/C11H20N3O2.C10H18N3O2.C9H18N2O2.C6H12N3.C2H4NO.C2H6.3CH4.4W/c1-11(2,3)16-10(15)14-7-5-13(6-8-14)9-12-4;1-10(2,3)15-9(14)13-6-4-12(8-11)5-7-13;1-9(2,3)13-8(12)11-6-4-10-5-7-11;1-7-6-9-4-2-8-3-5-9;1-4-2-3;1-2;;;;;;;/h5-8H2,1-4H3;11H,4-7H2,1-3H3;10H,4-7H2,1-3H3;8H,2-5H2,1H3;3H,1H3;1-2H3;3*1H4;;;;/q2*-1;;2*-1;;;;;;;;. The maximum Gasteiger partial charge on any atom is 0.410 e. The van der Waals surface area contributed by atoms with E-state index in [0.717, 1.165) is 65.4 Å².